The molecule has 108 valence electrons. The van der Waals surface area contributed by atoms with Gasteiger partial charge < -0.3 is 10.2 Å². The molecule has 0 aliphatic rings. The van der Waals surface area contributed by atoms with E-state index in [1.807, 2.05) is 7.05 Å². The molecule has 19 heavy (non-hydrogen) atoms. The number of hydrogen-bond acceptors (Lipinski definition) is 3. The molecule has 1 atom stereocenters. The maximum Gasteiger partial charge on any atom is 0.129 e. The molecule has 1 rings (SSSR count). The van der Waals surface area contributed by atoms with E-state index >= 15 is 0 Å². The van der Waals surface area contributed by atoms with E-state index in [9.17, 15) is 0 Å². The van der Waals surface area contributed by atoms with Crippen molar-refractivity contribution in [1.82, 2.24) is 10.3 Å². The van der Waals surface area contributed by atoms with Crippen molar-refractivity contribution in [2.24, 2.45) is 0 Å². The van der Waals surface area contributed by atoms with E-state index in [-0.39, 0.29) is 5.41 Å². The molecule has 3 heteroatoms. The van der Waals surface area contributed by atoms with Gasteiger partial charge >= 0.3 is 0 Å². The minimum Gasteiger partial charge on any atom is -0.357 e. The van der Waals surface area contributed by atoms with E-state index in [1.165, 1.54) is 5.56 Å². The third kappa shape index (κ3) is 4.20. The third-order valence-electron chi connectivity index (χ3n) is 3.63. The Morgan fingerprint density at radius 1 is 1.32 bits per heavy atom. The summed E-state index contributed by atoms with van der Waals surface area (Å²) in [6.45, 7) is 12.0. The predicted octanol–water partition coefficient (Wildman–Crippen LogP) is 3.33. The van der Waals surface area contributed by atoms with Gasteiger partial charge in [-0.05, 0) is 38.1 Å². The van der Waals surface area contributed by atoms with Crippen LogP contribution < -0.4 is 10.2 Å². The van der Waals surface area contributed by atoms with Crippen molar-refractivity contribution in [2.45, 2.75) is 59.0 Å². The summed E-state index contributed by atoms with van der Waals surface area (Å²) in [5.74, 6) is 1.08. The van der Waals surface area contributed by atoms with E-state index < -0.39 is 0 Å². The Morgan fingerprint density at radius 3 is 2.42 bits per heavy atom. The minimum absolute atomic E-state index is 0.0782. The molecule has 1 aromatic rings. The summed E-state index contributed by atoms with van der Waals surface area (Å²) < 4.78 is 0. The molecule has 0 amide bonds. The lowest BCUT2D eigenvalue weighted by atomic mass is 9.90. The first-order valence-electron chi connectivity index (χ1n) is 7.18. The molecule has 0 aliphatic heterocycles. The lowest BCUT2D eigenvalue weighted by Gasteiger charge is -2.28. The van der Waals surface area contributed by atoms with Gasteiger partial charge in [-0.1, -0.05) is 27.7 Å². The summed E-state index contributed by atoms with van der Waals surface area (Å²) in [6.07, 6.45) is 1.12. The van der Waals surface area contributed by atoms with Crippen LogP contribution in [0.25, 0.3) is 0 Å². The topological polar surface area (TPSA) is 28.2 Å². The Morgan fingerprint density at radius 2 is 1.95 bits per heavy atom. The van der Waals surface area contributed by atoms with Crippen LogP contribution in [-0.2, 0) is 12.0 Å². The van der Waals surface area contributed by atoms with Crippen LogP contribution in [0.4, 0.5) is 5.82 Å². The van der Waals surface area contributed by atoms with Gasteiger partial charge in [0.05, 0.1) is 0 Å². The summed E-state index contributed by atoms with van der Waals surface area (Å²) in [6, 6.07) is 4.91. The number of nitrogens with zero attached hydrogens (tertiary/aromatic N) is 2. The smallest absolute Gasteiger partial charge is 0.129 e. The highest BCUT2D eigenvalue weighted by atomic mass is 15.2. The number of rotatable bonds is 5. The molecule has 0 saturated heterocycles. The molecule has 0 saturated carbocycles. The van der Waals surface area contributed by atoms with Gasteiger partial charge in [-0.25, -0.2) is 4.98 Å². The average molecular weight is 263 g/mol. The Labute approximate surface area is 118 Å². The zero-order valence-electron chi connectivity index (χ0n) is 13.5. The molecular formula is C16H29N3. The second kappa shape index (κ2) is 6.38. The van der Waals surface area contributed by atoms with E-state index in [4.69, 9.17) is 4.98 Å². The van der Waals surface area contributed by atoms with Gasteiger partial charge in [0.15, 0.2) is 0 Å². The number of anilines is 1. The molecule has 0 spiro atoms. The number of aromatic nitrogens is 1. The van der Waals surface area contributed by atoms with Crippen LogP contribution in [0, 0.1) is 0 Å². The van der Waals surface area contributed by atoms with Gasteiger partial charge in [-0.2, -0.15) is 0 Å². The summed E-state index contributed by atoms with van der Waals surface area (Å²) >= 11 is 0. The van der Waals surface area contributed by atoms with Crippen LogP contribution >= 0.6 is 0 Å². The van der Waals surface area contributed by atoms with Crippen molar-refractivity contribution in [3.05, 3.63) is 23.4 Å². The van der Waals surface area contributed by atoms with Crippen LogP contribution in [0.5, 0.6) is 0 Å². The highest BCUT2D eigenvalue weighted by molar-refractivity contribution is 5.44. The zero-order valence-corrected chi connectivity index (χ0v) is 13.5. The maximum atomic E-state index is 4.85. The van der Waals surface area contributed by atoms with E-state index in [2.05, 4.69) is 64.0 Å². The molecule has 3 nitrogen and oxygen atoms in total. The monoisotopic (exact) mass is 263 g/mol. The number of hydrogen-bond donors (Lipinski definition) is 1. The SMILES string of the molecule is CCC(C)N(C)c1cc(CNC)cc(C(C)(C)C)n1. The average Bonchev–Trinajstić information content (AvgIpc) is 2.36. The van der Waals surface area contributed by atoms with Gasteiger partial charge in [0, 0.05) is 30.7 Å². The van der Waals surface area contributed by atoms with Gasteiger partial charge in [0.1, 0.15) is 5.82 Å². The largest absolute Gasteiger partial charge is 0.357 e. The van der Waals surface area contributed by atoms with Gasteiger partial charge in [0.25, 0.3) is 0 Å². The van der Waals surface area contributed by atoms with Crippen LogP contribution in [0.15, 0.2) is 12.1 Å². The van der Waals surface area contributed by atoms with Crippen molar-refractivity contribution in [3.8, 4) is 0 Å². The van der Waals surface area contributed by atoms with E-state index in [0.717, 1.165) is 24.5 Å². The highest BCUT2D eigenvalue weighted by Crippen LogP contribution is 2.25. The first-order chi connectivity index (χ1) is 8.79. The van der Waals surface area contributed by atoms with Crippen LogP contribution in [0.3, 0.4) is 0 Å². The third-order valence-corrected chi connectivity index (χ3v) is 3.63. The predicted molar refractivity (Wildman–Crippen MR) is 83.9 cm³/mol. The van der Waals surface area contributed by atoms with Gasteiger partial charge in [0.2, 0.25) is 0 Å². The molecular weight excluding hydrogens is 234 g/mol. The Kier molecular flexibility index (Phi) is 5.36. The summed E-state index contributed by atoms with van der Waals surface area (Å²) in [5, 5.41) is 3.23. The molecule has 0 fully saturated rings. The zero-order chi connectivity index (χ0) is 14.6. The normalized spacial score (nSPS) is 13.4. The first-order valence-corrected chi connectivity index (χ1v) is 7.18. The molecule has 0 radical (unpaired) electrons. The number of pyridine rings is 1. The second-order valence-corrected chi connectivity index (χ2v) is 6.37. The molecule has 0 bridgehead atoms. The standard InChI is InChI=1S/C16H29N3/c1-8-12(2)19(7)15-10-13(11-17-6)9-14(18-15)16(3,4)5/h9-10,12,17H,8,11H2,1-7H3. The van der Waals surface area contributed by atoms with Crippen LogP contribution in [0.1, 0.15) is 52.3 Å². The van der Waals surface area contributed by atoms with Gasteiger partial charge in [-0.3, -0.25) is 0 Å². The maximum absolute atomic E-state index is 4.85. The van der Waals surface area contributed by atoms with Crippen LogP contribution in [0.2, 0.25) is 0 Å². The second-order valence-electron chi connectivity index (χ2n) is 6.37. The lowest BCUT2D eigenvalue weighted by molar-refractivity contribution is 0.563. The summed E-state index contributed by atoms with van der Waals surface area (Å²) in [5.41, 5.74) is 2.53. The molecule has 0 aliphatic carbocycles. The van der Waals surface area contributed by atoms with Crippen LogP contribution in [-0.4, -0.2) is 25.1 Å². The quantitative estimate of drug-likeness (QED) is 0.883. The van der Waals surface area contributed by atoms with Crippen molar-refractivity contribution >= 4 is 5.82 Å². The summed E-state index contributed by atoms with van der Waals surface area (Å²) in [4.78, 5) is 7.13. The highest BCUT2D eigenvalue weighted by Gasteiger charge is 2.19. The van der Waals surface area contributed by atoms with Crippen molar-refractivity contribution < 1.29 is 0 Å². The first kappa shape index (κ1) is 16.0. The fourth-order valence-electron chi connectivity index (χ4n) is 1.94. The molecule has 1 unspecified atom stereocenters. The molecule has 1 N–H and O–H groups in total. The molecule has 1 aromatic heterocycles. The minimum atomic E-state index is 0.0782. The lowest BCUT2D eigenvalue weighted by Crippen LogP contribution is -2.30. The molecule has 1 heterocycles. The van der Waals surface area contributed by atoms with Gasteiger partial charge in [-0.15, -0.1) is 0 Å². The van der Waals surface area contributed by atoms with Crippen molar-refractivity contribution in [1.29, 1.82) is 0 Å². The number of nitrogens with one attached hydrogen (secondary N) is 1. The fraction of sp³-hybridized carbons (Fsp3) is 0.688. The Bertz CT molecular complexity index is 407. The van der Waals surface area contributed by atoms with Crippen molar-refractivity contribution in [3.63, 3.8) is 0 Å². The fourth-order valence-corrected chi connectivity index (χ4v) is 1.94. The van der Waals surface area contributed by atoms with E-state index in [0.29, 0.717) is 6.04 Å². The Hall–Kier alpha value is -1.09. The van der Waals surface area contributed by atoms with E-state index in [1.54, 1.807) is 0 Å². The van der Waals surface area contributed by atoms with Crippen molar-refractivity contribution in [2.75, 3.05) is 19.0 Å². The summed E-state index contributed by atoms with van der Waals surface area (Å²) in [7, 11) is 4.11. The Balaban J connectivity index is 3.20. The molecule has 0 aromatic carbocycles.